The quantitative estimate of drug-likeness (QED) is 0.831. The maximum Gasteiger partial charge on any atom is 0.122 e. The molecule has 0 radical (unpaired) electrons. The van der Waals surface area contributed by atoms with Gasteiger partial charge in [0.15, 0.2) is 0 Å². The molecule has 1 aromatic rings. The Bertz CT molecular complexity index is 335. The predicted molar refractivity (Wildman–Crippen MR) is 66.5 cm³/mol. The molecule has 2 heterocycles. The third-order valence-corrected chi connectivity index (χ3v) is 3.66. The van der Waals surface area contributed by atoms with Gasteiger partial charge in [-0.05, 0) is 44.9 Å². The molecule has 1 aliphatic heterocycles. The first-order valence-electron chi connectivity index (χ1n) is 6.30. The number of aliphatic hydroxyl groups is 1. The Labute approximate surface area is 102 Å². The van der Waals surface area contributed by atoms with Crippen LogP contribution in [0.5, 0.6) is 0 Å². The van der Waals surface area contributed by atoms with Gasteiger partial charge in [-0.25, -0.2) is 0 Å². The average molecular weight is 238 g/mol. The van der Waals surface area contributed by atoms with E-state index in [9.17, 15) is 5.11 Å². The highest BCUT2D eigenvalue weighted by atomic mass is 16.3. The van der Waals surface area contributed by atoms with E-state index in [0.29, 0.717) is 5.92 Å². The first kappa shape index (κ1) is 12.6. The standard InChI is InChI=1S/C13H22N2O2/c1-9(14)13(12-4-3-7-17-12)15-6-5-11(8-15)10(2)16/h3-4,7,9-11,13,16H,5-6,8,14H2,1-2H3. The summed E-state index contributed by atoms with van der Waals surface area (Å²) in [7, 11) is 0. The van der Waals surface area contributed by atoms with Crippen molar-refractivity contribution in [3.05, 3.63) is 24.2 Å². The lowest BCUT2D eigenvalue weighted by Crippen LogP contribution is -2.38. The molecule has 17 heavy (non-hydrogen) atoms. The first-order chi connectivity index (χ1) is 8.09. The largest absolute Gasteiger partial charge is 0.468 e. The zero-order chi connectivity index (χ0) is 12.4. The Kier molecular flexibility index (Phi) is 3.86. The van der Waals surface area contributed by atoms with Gasteiger partial charge in [0.05, 0.1) is 18.4 Å². The summed E-state index contributed by atoms with van der Waals surface area (Å²) in [6, 6.07) is 4.01. The second kappa shape index (κ2) is 5.21. The van der Waals surface area contributed by atoms with Crippen molar-refractivity contribution in [2.75, 3.05) is 13.1 Å². The molecule has 1 fully saturated rings. The summed E-state index contributed by atoms with van der Waals surface area (Å²) >= 11 is 0. The Balaban J connectivity index is 2.09. The number of nitrogens with two attached hydrogens (primary N) is 1. The van der Waals surface area contributed by atoms with Gasteiger partial charge >= 0.3 is 0 Å². The topological polar surface area (TPSA) is 62.6 Å². The lowest BCUT2D eigenvalue weighted by molar-refractivity contribution is 0.115. The van der Waals surface area contributed by atoms with E-state index < -0.39 is 0 Å². The van der Waals surface area contributed by atoms with E-state index in [0.717, 1.165) is 25.3 Å². The van der Waals surface area contributed by atoms with Crippen molar-refractivity contribution in [1.82, 2.24) is 4.90 Å². The molecule has 1 saturated heterocycles. The highest BCUT2D eigenvalue weighted by Crippen LogP contribution is 2.31. The molecule has 4 unspecified atom stereocenters. The number of rotatable bonds is 4. The van der Waals surface area contributed by atoms with Crippen LogP contribution in [0.15, 0.2) is 22.8 Å². The molecule has 4 nitrogen and oxygen atoms in total. The fourth-order valence-electron chi connectivity index (χ4n) is 2.69. The zero-order valence-corrected chi connectivity index (χ0v) is 10.5. The fourth-order valence-corrected chi connectivity index (χ4v) is 2.69. The molecule has 4 atom stereocenters. The minimum Gasteiger partial charge on any atom is -0.468 e. The molecule has 0 bridgehead atoms. The van der Waals surface area contributed by atoms with Gasteiger partial charge in [-0.1, -0.05) is 0 Å². The first-order valence-corrected chi connectivity index (χ1v) is 6.30. The second-order valence-electron chi connectivity index (χ2n) is 5.10. The summed E-state index contributed by atoms with van der Waals surface area (Å²) in [6.07, 6.45) is 2.47. The Morgan fingerprint density at radius 1 is 1.53 bits per heavy atom. The lowest BCUT2D eigenvalue weighted by Gasteiger charge is -2.29. The van der Waals surface area contributed by atoms with Crippen LogP contribution in [0, 0.1) is 5.92 Å². The molecule has 1 aromatic heterocycles. The molecule has 0 aromatic carbocycles. The predicted octanol–water partition coefficient (Wildman–Crippen LogP) is 1.37. The van der Waals surface area contributed by atoms with Crippen molar-refractivity contribution < 1.29 is 9.52 Å². The van der Waals surface area contributed by atoms with E-state index in [2.05, 4.69) is 4.90 Å². The second-order valence-corrected chi connectivity index (χ2v) is 5.10. The van der Waals surface area contributed by atoms with E-state index in [1.807, 2.05) is 26.0 Å². The molecular weight excluding hydrogens is 216 g/mol. The van der Waals surface area contributed by atoms with Crippen LogP contribution in [0.2, 0.25) is 0 Å². The van der Waals surface area contributed by atoms with Gasteiger partial charge in [0, 0.05) is 12.6 Å². The zero-order valence-electron chi connectivity index (χ0n) is 10.5. The fraction of sp³-hybridized carbons (Fsp3) is 0.692. The highest BCUT2D eigenvalue weighted by molar-refractivity contribution is 5.08. The summed E-state index contributed by atoms with van der Waals surface area (Å²) in [5, 5.41) is 9.64. The summed E-state index contributed by atoms with van der Waals surface area (Å²) in [5.74, 6) is 1.28. The van der Waals surface area contributed by atoms with Crippen LogP contribution >= 0.6 is 0 Å². The average Bonchev–Trinajstić information content (AvgIpc) is 2.88. The van der Waals surface area contributed by atoms with Crippen molar-refractivity contribution >= 4 is 0 Å². The summed E-state index contributed by atoms with van der Waals surface area (Å²) in [6.45, 7) is 5.73. The molecular formula is C13H22N2O2. The van der Waals surface area contributed by atoms with Gasteiger partial charge in [0.1, 0.15) is 5.76 Å². The maximum atomic E-state index is 9.64. The van der Waals surface area contributed by atoms with Crippen LogP contribution in [0.4, 0.5) is 0 Å². The normalized spacial score (nSPS) is 26.9. The van der Waals surface area contributed by atoms with Gasteiger partial charge < -0.3 is 15.3 Å². The number of likely N-dealkylation sites (tertiary alicyclic amines) is 1. The van der Waals surface area contributed by atoms with Gasteiger partial charge in [-0.3, -0.25) is 4.90 Å². The summed E-state index contributed by atoms with van der Waals surface area (Å²) in [5.41, 5.74) is 6.07. The molecule has 4 heteroatoms. The minimum atomic E-state index is -0.245. The van der Waals surface area contributed by atoms with Crippen molar-refractivity contribution in [3.63, 3.8) is 0 Å². The molecule has 0 aliphatic carbocycles. The molecule has 3 N–H and O–H groups in total. The SMILES string of the molecule is CC(N)C(c1ccco1)N1CCC(C(C)O)C1. The van der Waals surface area contributed by atoms with E-state index in [1.54, 1.807) is 6.26 Å². The van der Waals surface area contributed by atoms with Crippen LogP contribution in [-0.4, -0.2) is 35.2 Å². The molecule has 0 amide bonds. The number of hydrogen-bond acceptors (Lipinski definition) is 4. The lowest BCUT2D eigenvalue weighted by atomic mass is 10.0. The van der Waals surface area contributed by atoms with Crippen molar-refractivity contribution in [2.24, 2.45) is 11.7 Å². The Morgan fingerprint density at radius 2 is 2.29 bits per heavy atom. The van der Waals surface area contributed by atoms with Crippen LogP contribution in [-0.2, 0) is 0 Å². The molecule has 0 spiro atoms. The van der Waals surface area contributed by atoms with E-state index in [1.165, 1.54) is 0 Å². The number of furan rings is 1. The number of aliphatic hydroxyl groups excluding tert-OH is 1. The number of hydrogen-bond donors (Lipinski definition) is 2. The molecule has 2 rings (SSSR count). The van der Waals surface area contributed by atoms with Gasteiger partial charge in [-0.15, -0.1) is 0 Å². The van der Waals surface area contributed by atoms with Crippen molar-refractivity contribution in [2.45, 2.75) is 38.5 Å². The minimum absolute atomic E-state index is 0.0221. The molecule has 1 aliphatic rings. The third kappa shape index (κ3) is 2.70. The highest BCUT2D eigenvalue weighted by Gasteiger charge is 2.34. The van der Waals surface area contributed by atoms with Crippen LogP contribution in [0.25, 0.3) is 0 Å². The monoisotopic (exact) mass is 238 g/mol. The van der Waals surface area contributed by atoms with Crippen molar-refractivity contribution in [3.8, 4) is 0 Å². The maximum absolute atomic E-state index is 9.64. The van der Waals surface area contributed by atoms with E-state index in [-0.39, 0.29) is 18.2 Å². The van der Waals surface area contributed by atoms with Crippen LogP contribution < -0.4 is 5.73 Å². The van der Waals surface area contributed by atoms with Crippen LogP contribution in [0.3, 0.4) is 0 Å². The van der Waals surface area contributed by atoms with Gasteiger partial charge in [0.2, 0.25) is 0 Å². The molecule has 96 valence electrons. The smallest absolute Gasteiger partial charge is 0.122 e. The van der Waals surface area contributed by atoms with E-state index in [4.69, 9.17) is 10.2 Å². The summed E-state index contributed by atoms with van der Waals surface area (Å²) in [4.78, 5) is 2.32. The Hall–Kier alpha value is -0.840. The van der Waals surface area contributed by atoms with Gasteiger partial charge in [0.25, 0.3) is 0 Å². The molecule has 0 saturated carbocycles. The third-order valence-electron chi connectivity index (χ3n) is 3.66. The Morgan fingerprint density at radius 3 is 2.76 bits per heavy atom. The van der Waals surface area contributed by atoms with Crippen molar-refractivity contribution in [1.29, 1.82) is 0 Å². The van der Waals surface area contributed by atoms with Crippen LogP contribution in [0.1, 0.15) is 32.1 Å². The number of nitrogens with zero attached hydrogens (tertiary/aromatic N) is 1. The van der Waals surface area contributed by atoms with Gasteiger partial charge in [-0.2, -0.15) is 0 Å². The van der Waals surface area contributed by atoms with E-state index >= 15 is 0 Å². The summed E-state index contributed by atoms with van der Waals surface area (Å²) < 4.78 is 5.48.